The van der Waals surface area contributed by atoms with E-state index >= 15 is 0 Å². The topological polar surface area (TPSA) is 56.8 Å². The molecule has 0 unspecified atom stereocenters. The monoisotopic (exact) mass is 447 g/mol. The van der Waals surface area contributed by atoms with E-state index in [4.69, 9.17) is 25.5 Å². The number of carbonyl (C=O) groups is 1. The van der Waals surface area contributed by atoms with Gasteiger partial charge < -0.3 is 18.6 Å². The molecule has 1 aromatic carbocycles. The lowest BCUT2D eigenvalue weighted by atomic mass is 10.2. The molecule has 0 saturated heterocycles. The first kappa shape index (κ1) is 24.6. The van der Waals surface area contributed by atoms with Gasteiger partial charge in [0, 0.05) is 39.7 Å². The Labute approximate surface area is 177 Å². The van der Waals surface area contributed by atoms with Crippen molar-refractivity contribution < 1.29 is 18.1 Å². The molecular formula is C18H29NO4S3Si. The number of rotatable bonds is 11. The number of amides is 1. The van der Waals surface area contributed by atoms with Gasteiger partial charge in [-0.1, -0.05) is 54.3 Å². The predicted octanol–water partition coefficient (Wildman–Crippen LogP) is 4.10. The standard InChI is InChI=1S/C18H29NO4S3Si/c1-18(2,26-17(24)25-14-15-10-7-6-8-11-15)16(20)19-12-9-13-27(21-3,22-4)23-5/h6-8,10-11H,9,12-14H2,1-5H3,(H,19,20). The van der Waals surface area contributed by atoms with Crippen LogP contribution in [-0.4, -0.2) is 50.9 Å². The first-order valence-corrected chi connectivity index (χ1v) is 12.8. The van der Waals surface area contributed by atoms with Gasteiger partial charge in [0.25, 0.3) is 0 Å². The molecule has 1 rings (SSSR count). The highest BCUT2D eigenvalue weighted by Gasteiger charge is 2.37. The van der Waals surface area contributed by atoms with Crippen molar-refractivity contribution in [2.45, 2.75) is 36.8 Å². The van der Waals surface area contributed by atoms with Gasteiger partial charge in [0.1, 0.15) is 3.53 Å². The second kappa shape index (κ2) is 12.2. The molecule has 1 aromatic rings. The van der Waals surface area contributed by atoms with Crippen LogP contribution in [0.25, 0.3) is 0 Å². The highest BCUT2D eigenvalue weighted by Crippen LogP contribution is 2.32. The third kappa shape index (κ3) is 8.64. The van der Waals surface area contributed by atoms with E-state index in [2.05, 4.69) is 17.4 Å². The highest BCUT2D eigenvalue weighted by atomic mass is 32.2. The van der Waals surface area contributed by atoms with Crippen molar-refractivity contribution in [2.75, 3.05) is 27.9 Å². The molecule has 0 aliphatic heterocycles. The minimum atomic E-state index is -2.59. The van der Waals surface area contributed by atoms with Gasteiger partial charge in [-0.3, -0.25) is 4.79 Å². The Hall–Kier alpha value is -0.423. The van der Waals surface area contributed by atoms with Crippen molar-refractivity contribution in [1.82, 2.24) is 5.32 Å². The van der Waals surface area contributed by atoms with Crippen LogP contribution in [0.4, 0.5) is 0 Å². The molecule has 0 bridgehead atoms. The summed E-state index contributed by atoms with van der Waals surface area (Å²) in [5.41, 5.74) is 1.22. The number of thioether (sulfide) groups is 2. The van der Waals surface area contributed by atoms with E-state index in [-0.39, 0.29) is 5.91 Å². The molecule has 0 aromatic heterocycles. The molecule has 0 saturated carbocycles. The fourth-order valence-corrected chi connectivity index (χ4v) is 6.90. The molecule has 1 N–H and O–H groups in total. The number of hydrogen-bond acceptors (Lipinski definition) is 7. The minimum absolute atomic E-state index is 0.0327. The van der Waals surface area contributed by atoms with Crippen molar-refractivity contribution >= 4 is 54.0 Å². The van der Waals surface area contributed by atoms with Crippen LogP contribution >= 0.6 is 35.7 Å². The Bertz CT molecular complexity index is 589. The molecule has 5 nitrogen and oxygen atoms in total. The fraction of sp³-hybridized carbons (Fsp3) is 0.556. The van der Waals surface area contributed by atoms with Crippen LogP contribution in [0.5, 0.6) is 0 Å². The maximum absolute atomic E-state index is 12.5. The molecular weight excluding hydrogens is 418 g/mol. The Morgan fingerprint density at radius 3 is 2.30 bits per heavy atom. The van der Waals surface area contributed by atoms with E-state index in [0.717, 1.165) is 15.7 Å². The Balaban J connectivity index is 2.38. The Kier molecular flexibility index (Phi) is 11.1. The van der Waals surface area contributed by atoms with E-state index in [9.17, 15) is 4.79 Å². The van der Waals surface area contributed by atoms with Crippen LogP contribution in [0.2, 0.25) is 6.04 Å². The smallest absolute Gasteiger partial charge is 0.377 e. The highest BCUT2D eigenvalue weighted by molar-refractivity contribution is 8.47. The van der Waals surface area contributed by atoms with Crippen LogP contribution in [0, 0.1) is 0 Å². The summed E-state index contributed by atoms with van der Waals surface area (Å²) in [4.78, 5) is 12.5. The summed E-state index contributed by atoms with van der Waals surface area (Å²) in [5.74, 6) is 0.775. The van der Waals surface area contributed by atoms with Crippen LogP contribution in [-0.2, 0) is 23.8 Å². The lowest BCUT2D eigenvalue weighted by molar-refractivity contribution is -0.122. The van der Waals surface area contributed by atoms with Crippen molar-refractivity contribution in [2.24, 2.45) is 0 Å². The average Bonchev–Trinajstić information content (AvgIpc) is 2.67. The van der Waals surface area contributed by atoms with E-state index in [1.807, 2.05) is 32.0 Å². The quantitative estimate of drug-likeness (QED) is 0.311. The molecule has 0 atom stereocenters. The number of hydrogen-bond donors (Lipinski definition) is 1. The number of benzene rings is 1. The van der Waals surface area contributed by atoms with Crippen LogP contribution in [0.15, 0.2) is 30.3 Å². The average molecular weight is 448 g/mol. The van der Waals surface area contributed by atoms with E-state index < -0.39 is 13.6 Å². The fourth-order valence-electron chi connectivity index (χ4n) is 2.28. The number of thiocarbonyl (C=S) groups is 1. The zero-order chi connectivity index (χ0) is 20.3. The van der Waals surface area contributed by atoms with Gasteiger partial charge in [0.05, 0.1) is 4.75 Å². The summed E-state index contributed by atoms with van der Waals surface area (Å²) in [6.07, 6.45) is 0.724. The summed E-state index contributed by atoms with van der Waals surface area (Å²) in [6, 6.07) is 10.8. The zero-order valence-electron chi connectivity index (χ0n) is 16.6. The van der Waals surface area contributed by atoms with Gasteiger partial charge in [-0.2, -0.15) is 0 Å². The van der Waals surface area contributed by atoms with Crippen LogP contribution < -0.4 is 5.32 Å². The molecule has 0 aliphatic rings. The van der Waals surface area contributed by atoms with Crippen molar-refractivity contribution in [3.63, 3.8) is 0 Å². The van der Waals surface area contributed by atoms with E-state index in [0.29, 0.717) is 12.6 Å². The maximum Gasteiger partial charge on any atom is 0.500 e. The summed E-state index contributed by atoms with van der Waals surface area (Å²) >= 11 is 8.46. The summed E-state index contributed by atoms with van der Waals surface area (Å²) in [5, 5.41) is 2.97. The lowest BCUT2D eigenvalue weighted by Gasteiger charge is -2.25. The van der Waals surface area contributed by atoms with Gasteiger partial charge in [-0.15, -0.1) is 11.8 Å². The number of carbonyl (C=O) groups excluding carboxylic acids is 1. The second-order valence-electron chi connectivity index (χ2n) is 6.29. The zero-order valence-corrected chi connectivity index (χ0v) is 20.0. The minimum Gasteiger partial charge on any atom is -0.377 e. The Morgan fingerprint density at radius 1 is 1.15 bits per heavy atom. The van der Waals surface area contributed by atoms with Crippen LogP contribution in [0.3, 0.4) is 0 Å². The molecule has 0 spiro atoms. The van der Waals surface area contributed by atoms with Crippen molar-refractivity contribution in [1.29, 1.82) is 0 Å². The lowest BCUT2D eigenvalue weighted by Crippen LogP contribution is -2.44. The molecule has 1 amide bonds. The molecule has 0 aliphatic carbocycles. The second-order valence-corrected chi connectivity index (χ2v) is 13.2. The van der Waals surface area contributed by atoms with Gasteiger partial charge in [0.15, 0.2) is 0 Å². The van der Waals surface area contributed by atoms with Gasteiger partial charge in [0.2, 0.25) is 5.91 Å². The molecule has 152 valence electrons. The van der Waals surface area contributed by atoms with E-state index in [1.165, 1.54) is 17.3 Å². The third-order valence-electron chi connectivity index (χ3n) is 3.96. The van der Waals surface area contributed by atoms with Gasteiger partial charge in [-0.05, 0) is 25.8 Å². The normalized spacial score (nSPS) is 12.0. The first-order chi connectivity index (χ1) is 12.8. The molecule has 0 fully saturated rings. The molecule has 0 radical (unpaired) electrons. The van der Waals surface area contributed by atoms with Crippen molar-refractivity contribution in [3.05, 3.63) is 35.9 Å². The summed E-state index contributed by atoms with van der Waals surface area (Å²) in [6.45, 7) is 4.32. The summed E-state index contributed by atoms with van der Waals surface area (Å²) in [7, 11) is 2.18. The SMILES string of the molecule is CO[Si](CCCNC(=O)C(C)(C)SC(=S)SCc1ccccc1)(OC)OC. The molecule has 9 heteroatoms. The van der Waals surface area contributed by atoms with E-state index in [1.54, 1.807) is 33.1 Å². The van der Waals surface area contributed by atoms with Crippen LogP contribution in [0.1, 0.15) is 25.8 Å². The largest absolute Gasteiger partial charge is 0.500 e. The van der Waals surface area contributed by atoms with Crippen molar-refractivity contribution in [3.8, 4) is 0 Å². The maximum atomic E-state index is 12.5. The third-order valence-corrected chi connectivity index (χ3v) is 9.58. The number of nitrogens with one attached hydrogen (secondary N) is 1. The Morgan fingerprint density at radius 2 is 1.74 bits per heavy atom. The molecule has 27 heavy (non-hydrogen) atoms. The van der Waals surface area contributed by atoms with Gasteiger partial charge in [-0.25, -0.2) is 0 Å². The first-order valence-electron chi connectivity index (χ1n) is 8.62. The van der Waals surface area contributed by atoms with Gasteiger partial charge >= 0.3 is 8.80 Å². The predicted molar refractivity (Wildman–Crippen MR) is 121 cm³/mol. The summed E-state index contributed by atoms with van der Waals surface area (Å²) < 4.78 is 16.3. The molecule has 0 heterocycles.